The summed E-state index contributed by atoms with van der Waals surface area (Å²) in [6.45, 7) is 0. The maximum Gasteiger partial charge on any atom is 0.435 e. The lowest BCUT2D eigenvalue weighted by Crippen LogP contribution is -2.07. The highest BCUT2D eigenvalue weighted by Gasteiger charge is 2.33. The van der Waals surface area contributed by atoms with E-state index in [-0.39, 0.29) is 6.42 Å². The van der Waals surface area contributed by atoms with Gasteiger partial charge in [0.15, 0.2) is 5.69 Å². The molecule has 7 heteroatoms. The molecule has 0 fully saturated rings. The molecule has 0 spiro atoms. The smallest absolute Gasteiger partial charge is 0.398 e. The Morgan fingerprint density at radius 1 is 1.32 bits per heavy atom. The van der Waals surface area contributed by atoms with Gasteiger partial charge in [-0.1, -0.05) is 0 Å². The molecule has 0 amide bonds. The van der Waals surface area contributed by atoms with Crippen LogP contribution in [0, 0.1) is 11.3 Å². The minimum Gasteiger partial charge on any atom is -0.398 e. The summed E-state index contributed by atoms with van der Waals surface area (Å²) in [4.78, 5) is 0. The molecule has 1 aromatic carbocycles. The monoisotopic (exact) mass is 266 g/mol. The highest BCUT2D eigenvalue weighted by Crippen LogP contribution is 2.28. The summed E-state index contributed by atoms with van der Waals surface area (Å²) in [5.74, 6) is 0. The Morgan fingerprint density at radius 3 is 2.63 bits per heavy atom. The molecule has 0 saturated carbocycles. The third-order valence-corrected chi connectivity index (χ3v) is 2.54. The number of alkyl halides is 3. The van der Waals surface area contributed by atoms with Crippen molar-refractivity contribution >= 4 is 5.69 Å². The number of hydrogen-bond acceptors (Lipinski definition) is 3. The number of nitrogens with two attached hydrogens (primary N) is 1. The molecule has 0 radical (unpaired) electrons. The van der Waals surface area contributed by atoms with Crippen LogP contribution in [0.4, 0.5) is 18.9 Å². The van der Waals surface area contributed by atoms with E-state index in [1.54, 1.807) is 12.1 Å². The highest BCUT2D eigenvalue weighted by molar-refractivity contribution is 5.53. The van der Waals surface area contributed by atoms with Gasteiger partial charge < -0.3 is 5.73 Å². The second-order valence-corrected chi connectivity index (χ2v) is 3.86. The van der Waals surface area contributed by atoms with Crippen LogP contribution in [0.1, 0.15) is 11.3 Å². The summed E-state index contributed by atoms with van der Waals surface area (Å²) in [5.41, 5.74) is 6.11. The Morgan fingerprint density at radius 2 is 2.05 bits per heavy atom. The number of halogens is 3. The molecule has 0 unspecified atom stereocenters. The molecule has 0 aliphatic heterocycles. The fourth-order valence-electron chi connectivity index (χ4n) is 1.59. The number of anilines is 1. The quantitative estimate of drug-likeness (QED) is 0.849. The van der Waals surface area contributed by atoms with Gasteiger partial charge in [-0.25, -0.2) is 4.68 Å². The average Bonchev–Trinajstić information content (AvgIpc) is 2.81. The predicted octanol–water partition coefficient (Wildman–Crippen LogP) is 2.54. The minimum absolute atomic E-state index is 0.0903. The van der Waals surface area contributed by atoms with Crippen molar-refractivity contribution in [3.63, 3.8) is 0 Å². The van der Waals surface area contributed by atoms with Crippen molar-refractivity contribution in [2.24, 2.45) is 0 Å². The first-order valence-corrected chi connectivity index (χ1v) is 5.30. The number of nitrogen functional groups attached to an aromatic ring is 1. The van der Waals surface area contributed by atoms with Crippen molar-refractivity contribution in [3.8, 4) is 11.8 Å². The average molecular weight is 266 g/mol. The number of benzene rings is 1. The van der Waals surface area contributed by atoms with Gasteiger partial charge in [-0.05, 0) is 29.8 Å². The van der Waals surface area contributed by atoms with Gasteiger partial charge in [0, 0.05) is 11.9 Å². The van der Waals surface area contributed by atoms with Crippen LogP contribution in [0.3, 0.4) is 0 Å². The van der Waals surface area contributed by atoms with Crippen molar-refractivity contribution in [1.82, 2.24) is 9.78 Å². The molecular formula is C12H9F3N4. The fourth-order valence-corrected chi connectivity index (χ4v) is 1.59. The summed E-state index contributed by atoms with van der Waals surface area (Å²) in [6.07, 6.45) is -3.17. The highest BCUT2D eigenvalue weighted by atomic mass is 19.4. The standard InChI is InChI=1S/C12H9F3N4/c13-12(14,15)11-4-6-19(18-11)9-1-2-10(17)8(7-9)3-5-16/h1-2,4,6-7H,3,17H2. The topological polar surface area (TPSA) is 67.6 Å². The van der Waals surface area contributed by atoms with Crippen molar-refractivity contribution in [3.05, 3.63) is 41.7 Å². The number of rotatable bonds is 2. The molecule has 0 saturated heterocycles. The molecule has 4 nitrogen and oxygen atoms in total. The molecule has 0 bridgehead atoms. The Kier molecular flexibility index (Phi) is 3.17. The summed E-state index contributed by atoms with van der Waals surface area (Å²) < 4.78 is 38.4. The van der Waals surface area contributed by atoms with Crippen LogP contribution in [-0.2, 0) is 12.6 Å². The second-order valence-electron chi connectivity index (χ2n) is 3.86. The molecule has 19 heavy (non-hydrogen) atoms. The number of nitrogens with zero attached hydrogens (tertiary/aromatic N) is 3. The zero-order valence-electron chi connectivity index (χ0n) is 9.65. The van der Waals surface area contributed by atoms with Crippen molar-refractivity contribution in [1.29, 1.82) is 5.26 Å². The van der Waals surface area contributed by atoms with Crippen LogP contribution in [-0.4, -0.2) is 9.78 Å². The molecule has 2 rings (SSSR count). The van der Waals surface area contributed by atoms with Gasteiger partial charge >= 0.3 is 6.18 Å². The van der Waals surface area contributed by atoms with E-state index in [1.807, 2.05) is 6.07 Å². The SMILES string of the molecule is N#CCc1cc(-n2ccc(C(F)(F)F)n2)ccc1N. The Hall–Kier alpha value is -2.49. The molecule has 1 aromatic heterocycles. The predicted molar refractivity (Wildman–Crippen MR) is 62.3 cm³/mol. The van der Waals surface area contributed by atoms with E-state index in [2.05, 4.69) is 5.10 Å². The maximum atomic E-state index is 12.4. The Bertz CT molecular complexity index is 637. The molecule has 98 valence electrons. The van der Waals surface area contributed by atoms with Crippen LogP contribution in [0.15, 0.2) is 30.5 Å². The summed E-state index contributed by atoms with van der Waals surface area (Å²) in [5, 5.41) is 12.1. The first kappa shape index (κ1) is 13.0. The van der Waals surface area contributed by atoms with Crippen LogP contribution >= 0.6 is 0 Å². The van der Waals surface area contributed by atoms with Gasteiger partial charge in [0.05, 0.1) is 18.2 Å². The minimum atomic E-state index is -4.48. The first-order chi connectivity index (χ1) is 8.91. The lowest BCUT2D eigenvalue weighted by molar-refractivity contribution is -0.141. The van der Waals surface area contributed by atoms with Crippen LogP contribution in [0.5, 0.6) is 0 Å². The Balaban J connectivity index is 2.40. The first-order valence-electron chi connectivity index (χ1n) is 5.30. The maximum absolute atomic E-state index is 12.4. The van der Waals surface area contributed by atoms with Gasteiger partial charge in [-0.2, -0.15) is 23.5 Å². The fraction of sp³-hybridized carbons (Fsp3) is 0.167. The van der Waals surface area contributed by atoms with Crippen molar-refractivity contribution in [2.75, 3.05) is 5.73 Å². The molecular weight excluding hydrogens is 257 g/mol. The number of aromatic nitrogens is 2. The summed E-state index contributed by atoms with van der Waals surface area (Å²) in [6, 6.07) is 7.46. The van der Waals surface area contributed by atoms with Crippen LogP contribution < -0.4 is 5.73 Å². The normalized spacial score (nSPS) is 11.3. The van der Waals surface area contributed by atoms with E-state index in [0.29, 0.717) is 16.9 Å². The van der Waals surface area contributed by atoms with Gasteiger partial charge in [-0.3, -0.25) is 0 Å². The van der Waals surface area contributed by atoms with E-state index in [1.165, 1.54) is 12.3 Å². The Labute approximate surface area is 106 Å². The van der Waals surface area contributed by atoms with E-state index in [9.17, 15) is 13.2 Å². The largest absolute Gasteiger partial charge is 0.435 e. The third-order valence-electron chi connectivity index (χ3n) is 2.54. The molecule has 0 aliphatic carbocycles. The van der Waals surface area contributed by atoms with Crippen molar-refractivity contribution < 1.29 is 13.2 Å². The van der Waals surface area contributed by atoms with Crippen molar-refractivity contribution in [2.45, 2.75) is 12.6 Å². The second kappa shape index (κ2) is 4.65. The van der Waals surface area contributed by atoms with Gasteiger partial charge in [0.1, 0.15) is 0 Å². The van der Waals surface area contributed by atoms with E-state index in [0.717, 1.165) is 10.7 Å². The van der Waals surface area contributed by atoms with E-state index >= 15 is 0 Å². The lowest BCUT2D eigenvalue weighted by Gasteiger charge is -2.06. The van der Waals surface area contributed by atoms with Gasteiger partial charge in [0.25, 0.3) is 0 Å². The molecule has 2 N–H and O–H groups in total. The summed E-state index contributed by atoms with van der Waals surface area (Å²) in [7, 11) is 0. The lowest BCUT2D eigenvalue weighted by atomic mass is 10.1. The van der Waals surface area contributed by atoms with Crippen LogP contribution in [0.2, 0.25) is 0 Å². The third kappa shape index (κ3) is 2.68. The summed E-state index contributed by atoms with van der Waals surface area (Å²) >= 11 is 0. The van der Waals surface area contributed by atoms with E-state index < -0.39 is 11.9 Å². The van der Waals surface area contributed by atoms with Gasteiger partial charge in [0.2, 0.25) is 0 Å². The zero-order chi connectivity index (χ0) is 14.0. The number of hydrogen-bond donors (Lipinski definition) is 1. The van der Waals surface area contributed by atoms with E-state index in [4.69, 9.17) is 11.0 Å². The molecule has 0 aliphatic rings. The van der Waals surface area contributed by atoms with Gasteiger partial charge in [-0.15, -0.1) is 0 Å². The molecule has 2 aromatic rings. The molecule has 0 atom stereocenters. The van der Waals surface area contributed by atoms with Crippen LogP contribution in [0.25, 0.3) is 5.69 Å². The zero-order valence-corrected chi connectivity index (χ0v) is 9.65. The molecule has 1 heterocycles. The number of nitriles is 1.